The smallest absolute Gasteiger partial charge is 0.387 e. The Kier molecular flexibility index (Phi) is 10.2. The minimum atomic E-state index is -3.04. The van der Waals surface area contributed by atoms with Crippen LogP contribution in [0.25, 0.3) is 0 Å². The van der Waals surface area contributed by atoms with Crippen molar-refractivity contribution in [1.82, 2.24) is 5.32 Å². The molecule has 6 nitrogen and oxygen atoms in total. The largest absolute Gasteiger partial charge is 0.493 e. The molecule has 1 amide bonds. The molecule has 0 aliphatic heterocycles. The topological polar surface area (TPSA) is 82.8 Å². The van der Waals surface area contributed by atoms with Crippen LogP contribution in [0.2, 0.25) is 0 Å². The highest BCUT2D eigenvalue weighted by Crippen LogP contribution is 2.39. The lowest BCUT2D eigenvalue weighted by molar-refractivity contribution is -0.0526. The van der Waals surface area contributed by atoms with Crippen molar-refractivity contribution in [2.24, 2.45) is 11.7 Å². The Morgan fingerprint density at radius 2 is 1.72 bits per heavy atom. The summed E-state index contributed by atoms with van der Waals surface area (Å²) in [6.45, 7) is 1.31. The van der Waals surface area contributed by atoms with E-state index in [0.29, 0.717) is 12.5 Å². The highest BCUT2D eigenvalue weighted by molar-refractivity contribution is 5.95. The van der Waals surface area contributed by atoms with Crippen molar-refractivity contribution < 1.29 is 27.8 Å². The average molecular weight is 383 g/mol. The van der Waals surface area contributed by atoms with E-state index in [4.69, 9.17) is 15.2 Å². The number of rotatable bonds is 9. The molecule has 0 fully saturated rings. The fraction of sp³-hybridized carbons (Fsp3) is 0.562. The van der Waals surface area contributed by atoms with E-state index in [2.05, 4.69) is 10.1 Å². The van der Waals surface area contributed by atoms with Gasteiger partial charge in [0.05, 0.1) is 14.2 Å². The van der Waals surface area contributed by atoms with Gasteiger partial charge in [0, 0.05) is 18.2 Å². The molecule has 3 N–H and O–H groups in total. The lowest BCUT2D eigenvalue weighted by atomic mass is 10.0. The standard InChI is InChI=1S/C16H24F2N2O4.ClH/c1-9(2)5-11(8-19)20-15(21)10-6-12(22-3)14(24-16(17)18)13(7-10)23-4;/h6-7,9,11,16H,5,8,19H2,1-4H3,(H,20,21);1H. The summed E-state index contributed by atoms with van der Waals surface area (Å²) >= 11 is 0. The van der Waals surface area contributed by atoms with Crippen LogP contribution in [0, 0.1) is 5.92 Å². The highest BCUT2D eigenvalue weighted by atomic mass is 35.5. The van der Waals surface area contributed by atoms with Crippen LogP contribution in [0.5, 0.6) is 17.2 Å². The van der Waals surface area contributed by atoms with Crippen molar-refractivity contribution in [3.05, 3.63) is 17.7 Å². The van der Waals surface area contributed by atoms with Gasteiger partial charge < -0.3 is 25.3 Å². The van der Waals surface area contributed by atoms with Gasteiger partial charge in [-0.05, 0) is 24.5 Å². The second-order valence-corrected chi connectivity index (χ2v) is 5.62. The molecule has 1 aromatic carbocycles. The number of methoxy groups -OCH3 is 2. The van der Waals surface area contributed by atoms with Gasteiger partial charge in [-0.1, -0.05) is 13.8 Å². The highest BCUT2D eigenvalue weighted by Gasteiger charge is 2.21. The van der Waals surface area contributed by atoms with Crippen molar-refractivity contribution >= 4 is 18.3 Å². The minimum absolute atomic E-state index is 0. The molecule has 1 rings (SSSR count). The second kappa shape index (κ2) is 10.9. The number of hydrogen-bond acceptors (Lipinski definition) is 5. The minimum Gasteiger partial charge on any atom is -0.493 e. The quantitative estimate of drug-likeness (QED) is 0.686. The maximum atomic E-state index is 12.5. The van der Waals surface area contributed by atoms with Crippen LogP contribution in [0.3, 0.4) is 0 Å². The van der Waals surface area contributed by atoms with Gasteiger partial charge >= 0.3 is 6.61 Å². The fourth-order valence-corrected chi connectivity index (χ4v) is 2.27. The van der Waals surface area contributed by atoms with Crippen LogP contribution in [-0.4, -0.2) is 39.3 Å². The van der Waals surface area contributed by atoms with E-state index in [1.54, 1.807) is 0 Å². The zero-order valence-electron chi connectivity index (χ0n) is 14.7. The fourth-order valence-electron chi connectivity index (χ4n) is 2.27. The van der Waals surface area contributed by atoms with Crippen LogP contribution in [0.1, 0.15) is 30.6 Å². The summed E-state index contributed by atoms with van der Waals surface area (Å²) in [6, 6.07) is 2.45. The zero-order chi connectivity index (χ0) is 18.3. The predicted molar refractivity (Wildman–Crippen MR) is 93.2 cm³/mol. The summed E-state index contributed by atoms with van der Waals surface area (Å²) in [5.41, 5.74) is 5.87. The van der Waals surface area contributed by atoms with E-state index in [1.165, 1.54) is 26.4 Å². The van der Waals surface area contributed by atoms with Gasteiger partial charge in [-0.15, -0.1) is 12.4 Å². The molecule has 0 aliphatic carbocycles. The number of nitrogens with two attached hydrogens (primary N) is 1. The number of nitrogens with one attached hydrogen (secondary N) is 1. The van der Waals surface area contributed by atoms with E-state index in [-0.39, 0.29) is 41.3 Å². The molecule has 1 atom stereocenters. The molecule has 1 unspecified atom stereocenters. The third kappa shape index (κ3) is 6.91. The molecular weight excluding hydrogens is 358 g/mol. The van der Waals surface area contributed by atoms with E-state index in [9.17, 15) is 13.6 Å². The van der Waals surface area contributed by atoms with Crippen LogP contribution in [0.4, 0.5) is 8.78 Å². The number of ether oxygens (including phenoxy) is 3. The Labute approximate surface area is 152 Å². The third-order valence-corrected chi connectivity index (χ3v) is 3.31. The molecule has 0 saturated heterocycles. The van der Waals surface area contributed by atoms with E-state index in [1.807, 2.05) is 13.8 Å². The van der Waals surface area contributed by atoms with Crippen molar-refractivity contribution in [1.29, 1.82) is 0 Å². The van der Waals surface area contributed by atoms with E-state index >= 15 is 0 Å². The van der Waals surface area contributed by atoms with Gasteiger partial charge in [0.2, 0.25) is 5.75 Å². The first-order chi connectivity index (χ1) is 11.3. The molecule has 0 aliphatic rings. The van der Waals surface area contributed by atoms with Gasteiger partial charge in [0.25, 0.3) is 5.91 Å². The first kappa shape index (κ1) is 23.2. The Bertz CT molecular complexity index is 534. The maximum Gasteiger partial charge on any atom is 0.387 e. The number of amides is 1. The summed E-state index contributed by atoms with van der Waals surface area (Å²) in [5.74, 6) is -0.332. The van der Waals surface area contributed by atoms with Gasteiger partial charge in [-0.3, -0.25) is 4.79 Å². The molecule has 144 valence electrons. The Morgan fingerprint density at radius 1 is 1.20 bits per heavy atom. The number of hydrogen-bond donors (Lipinski definition) is 2. The molecule has 9 heteroatoms. The first-order valence-corrected chi connectivity index (χ1v) is 7.54. The third-order valence-electron chi connectivity index (χ3n) is 3.31. The normalized spacial score (nSPS) is 11.7. The van der Waals surface area contributed by atoms with Gasteiger partial charge in [-0.25, -0.2) is 0 Å². The zero-order valence-corrected chi connectivity index (χ0v) is 15.5. The van der Waals surface area contributed by atoms with Crippen LogP contribution in [0.15, 0.2) is 12.1 Å². The molecule has 1 aromatic rings. The Morgan fingerprint density at radius 3 is 2.08 bits per heavy atom. The molecule has 0 radical (unpaired) electrons. The lowest BCUT2D eigenvalue weighted by Crippen LogP contribution is -2.41. The van der Waals surface area contributed by atoms with Gasteiger partial charge in [0.15, 0.2) is 11.5 Å². The van der Waals surface area contributed by atoms with Crippen LogP contribution in [-0.2, 0) is 0 Å². The van der Waals surface area contributed by atoms with Crippen LogP contribution < -0.4 is 25.3 Å². The van der Waals surface area contributed by atoms with Crippen molar-refractivity contribution in [3.8, 4) is 17.2 Å². The summed E-state index contributed by atoms with van der Waals surface area (Å²) in [7, 11) is 2.58. The average Bonchev–Trinajstić information content (AvgIpc) is 2.53. The van der Waals surface area contributed by atoms with E-state index < -0.39 is 12.5 Å². The SMILES string of the molecule is COc1cc(C(=O)NC(CN)CC(C)C)cc(OC)c1OC(F)F.Cl. The first-order valence-electron chi connectivity index (χ1n) is 7.54. The van der Waals surface area contributed by atoms with Crippen molar-refractivity contribution in [2.45, 2.75) is 32.9 Å². The lowest BCUT2D eigenvalue weighted by Gasteiger charge is -2.20. The van der Waals surface area contributed by atoms with Crippen molar-refractivity contribution in [2.75, 3.05) is 20.8 Å². The summed E-state index contributed by atoms with van der Waals surface area (Å²) < 4.78 is 39.5. The van der Waals surface area contributed by atoms with E-state index in [0.717, 1.165) is 6.42 Å². The summed E-state index contributed by atoms with van der Waals surface area (Å²) in [6.07, 6.45) is 0.725. The van der Waals surface area contributed by atoms with Crippen molar-refractivity contribution in [3.63, 3.8) is 0 Å². The molecule has 0 saturated carbocycles. The molecule has 0 aromatic heterocycles. The molecular formula is C16H25ClF2N2O4. The molecule has 0 spiro atoms. The number of halogens is 3. The maximum absolute atomic E-state index is 12.5. The van der Waals surface area contributed by atoms with Gasteiger partial charge in [0.1, 0.15) is 0 Å². The number of alkyl halides is 2. The van der Waals surface area contributed by atoms with Crippen LogP contribution >= 0.6 is 12.4 Å². The van der Waals surface area contributed by atoms with Gasteiger partial charge in [-0.2, -0.15) is 8.78 Å². The molecule has 25 heavy (non-hydrogen) atoms. The number of carbonyl (C=O) groups is 1. The number of carbonyl (C=O) groups excluding carboxylic acids is 1. The summed E-state index contributed by atoms with van der Waals surface area (Å²) in [5, 5.41) is 2.81. The molecule has 0 heterocycles. The molecule has 0 bridgehead atoms. The Hall–Kier alpha value is -1.80. The second-order valence-electron chi connectivity index (χ2n) is 5.62. The Balaban J connectivity index is 0.00000576. The predicted octanol–water partition coefficient (Wildman–Crippen LogP) is 2.83. The summed E-state index contributed by atoms with van der Waals surface area (Å²) in [4.78, 5) is 12.4. The monoisotopic (exact) mass is 382 g/mol. The number of benzene rings is 1.